The Balaban J connectivity index is 1.94. The van der Waals surface area contributed by atoms with Crippen LogP contribution in [0.4, 0.5) is 0 Å². The van der Waals surface area contributed by atoms with Crippen LogP contribution in [0.5, 0.6) is 5.75 Å². The van der Waals surface area contributed by atoms with E-state index in [1.165, 1.54) is 0 Å². The number of phenols is 1. The van der Waals surface area contributed by atoms with Crippen LogP contribution in [0.1, 0.15) is 22.3 Å². The number of phenolic OH excluding ortho intramolecular Hbond substituents is 1. The molecular weight excluding hydrogens is 260 g/mol. The third-order valence-corrected chi connectivity index (χ3v) is 3.51. The molecule has 0 aliphatic heterocycles. The fraction of sp³-hybridized carbons (Fsp3) is 0.111. The first-order chi connectivity index (χ1) is 10.1. The molecule has 1 heterocycles. The maximum absolute atomic E-state index is 9.80. The summed E-state index contributed by atoms with van der Waals surface area (Å²) in [6.45, 7) is 3.82. The molecule has 0 bridgehead atoms. The van der Waals surface area contributed by atoms with Gasteiger partial charge in [-0.1, -0.05) is 18.2 Å². The number of fused-ring (bicyclic) bond motifs is 1. The van der Waals surface area contributed by atoms with Crippen LogP contribution in [0.15, 0.2) is 42.9 Å². The predicted molar refractivity (Wildman–Crippen MR) is 86.0 cm³/mol. The number of nitrogens with zero attached hydrogens (tertiary/aromatic N) is 2. The van der Waals surface area contributed by atoms with E-state index in [1.54, 1.807) is 6.33 Å². The Morgan fingerprint density at radius 3 is 2.43 bits per heavy atom. The maximum atomic E-state index is 9.80. The lowest BCUT2D eigenvalue weighted by Gasteiger charge is -2.04. The van der Waals surface area contributed by atoms with Crippen molar-refractivity contribution in [2.45, 2.75) is 13.8 Å². The van der Waals surface area contributed by atoms with Crippen molar-refractivity contribution in [3.05, 3.63) is 65.1 Å². The molecule has 3 nitrogen and oxygen atoms in total. The zero-order valence-corrected chi connectivity index (χ0v) is 12.0. The number of aromatic nitrogens is 2. The van der Waals surface area contributed by atoms with Gasteiger partial charge in [-0.25, -0.2) is 9.97 Å². The highest BCUT2D eigenvalue weighted by Gasteiger charge is 2.01. The van der Waals surface area contributed by atoms with E-state index in [0.717, 1.165) is 33.2 Å². The van der Waals surface area contributed by atoms with Crippen molar-refractivity contribution >= 4 is 23.1 Å². The normalized spacial score (nSPS) is 11.3. The Bertz CT molecular complexity index is 814. The fourth-order valence-corrected chi connectivity index (χ4v) is 2.38. The summed E-state index contributed by atoms with van der Waals surface area (Å²) < 4.78 is 0. The van der Waals surface area contributed by atoms with Gasteiger partial charge in [-0.2, -0.15) is 0 Å². The van der Waals surface area contributed by atoms with E-state index in [1.807, 2.05) is 50.4 Å². The number of hydrogen-bond acceptors (Lipinski definition) is 3. The van der Waals surface area contributed by atoms with E-state index in [4.69, 9.17) is 0 Å². The van der Waals surface area contributed by atoms with Crippen LogP contribution in [-0.4, -0.2) is 15.1 Å². The first-order valence-corrected chi connectivity index (χ1v) is 6.81. The summed E-state index contributed by atoms with van der Waals surface area (Å²) in [5, 5.41) is 10.8. The van der Waals surface area contributed by atoms with Crippen LogP contribution >= 0.6 is 0 Å². The van der Waals surface area contributed by atoms with Gasteiger partial charge in [0.15, 0.2) is 0 Å². The van der Waals surface area contributed by atoms with E-state index in [0.29, 0.717) is 5.75 Å². The molecule has 2 aromatic carbocycles. The van der Waals surface area contributed by atoms with Gasteiger partial charge in [0.05, 0.1) is 5.52 Å². The summed E-state index contributed by atoms with van der Waals surface area (Å²) in [5.74, 6) is 0.370. The van der Waals surface area contributed by atoms with Crippen molar-refractivity contribution in [3.8, 4) is 5.75 Å². The van der Waals surface area contributed by atoms with Gasteiger partial charge >= 0.3 is 0 Å². The molecule has 3 aromatic rings. The van der Waals surface area contributed by atoms with Crippen LogP contribution in [0.25, 0.3) is 23.1 Å². The van der Waals surface area contributed by atoms with Crippen molar-refractivity contribution in [2.24, 2.45) is 0 Å². The first-order valence-electron chi connectivity index (χ1n) is 6.81. The monoisotopic (exact) mass is 276 g/mol. The second-order valence-electron chi connectivity index (χ2n) is 5.18. The van der Waals surface area contributed by atoms with Crippen LogP contribution < -0.4 is 0 Å². The molecule has 0 saturated heterocycles. The van der Waals surface area contributed by atoms with Gasteiger partial charge < -0.3 is 5.11 Å². The van der Waals surface area contributed by atoms with Gasteiger partial charge in [0.2, 0.25) is 0 Å². The molecule has 0 fully saturated rings. The smallest absolute Gasteiger partial charge is 0.121 e. The third kappa shape index (κ3) is 2.77. The molecule has 0 atom stereocenters. The molecule has 1 aromatic heterocycles. The summed E-state index contributed by atoms with van der Waals surface area (Å²) in [4.78, 5) is 8.25. The minimum atomic E-state index is 0.370. The topological polar surface area (TPSA) is 46.0 Å². The van der Waals surface area contributed by atoms with Crippen molar-refractivity contribution < 1.29 is 5.11 Å². The second-order valence-corrected chi connectivity index (χ2v) is 5.18. The zero-order valence-electron chi connectivity index (χ0n) is 12.0. The summed E-state index contributed by atoms with van der Waals surface area (Å²) in [7, 11) is 0. The van der Waals surface area contributed by atoms with Gasteiger partial charge in [0.1, 0.15) is 12.1 Å². The molecule has 0 aliphatic carbocycles. The molecule has 0 saturated carbocycles. The predicted octanol–water partition coefficient (Wildman–Crippen LogP) is 4.12. The van der Waals surface area contributed by atoms with Gasteiger partial charge in [-0.05, 0) is 60.4 Å². The van der Waals surface area contributed by atoms with Crippen LogP contribution in [-0.2, 0) is 0 Å². The van der Waals surface area contributed by atoms with E-state index in [-0.39, 0.29) is 0 Å². The van der Waals surface area contributed by atoms with Gasteiger partial charge in [-0.3, -0.25) is 0 Å². The van der Waals surface area contributed by atoms with Crippen LogP contribution in [0.2, 0.25) is 0 Å². The number of hydrogen-bond donors (Lipinski definition) is 1. The Morgan fingerprint density at radius 2 is 1.67 bits per heavy atom. The molecule has 21 heavy (non-hydrogen) atoms. The molecular formula is C18H16N2O. The Morgan fingerprint density at radius 1 is 0.952 bits per heavy atom. The SMILES string of the molecule is Cc1cc(C=Cc2ccc3ncncc3c2)cc(C)c1O. The summed E-state index contributed by atoms with van der Waals surface area (Å²) in [5.41, 5.74) is 4.90. The highest BCUT2D eigenvalue weighted by molar-refractivity contribution is 5.82. The largest absolute Gasteiger partial charge is 0.507 e. The van der Waals surface area contributed by atoms with Crippen LogP contribution in [0, 0.1) is 13.8 Å². The molecule has 0 amide bonds. The molecule has 1 N–H and O–H groups in total. The van der Waals surface area contributed by atoms with Crippen molar-refractivity contribution in [2.75, 3.05) is 0 Å². The molecule has 3 rings (SSSR count). The average molecular weight is 276 g/mol. The highest BCUT2D eigenvalue weighted by Crippen LogP contribution is 2.24. The summed E-state index contributed by atoms with van der Waals surface area (Å²) in [6.07, 6.45) is 7.47. The molecule has 0 spiro atoms. The van der Waals surface area contributed by atoms with E-state index >= 15 is 0 Å². The van der Waals surface area contributed by atoms with Gasteiger partial charge in [0.25, 0.3) is 0 Å². The number of aromatic hydroxyl groups is 1. The standard InChI is InChI=1S/C18H16N2O/c1-12-7-15(8-13(2)18(12)21)4-3-14-5-6-17-16(9-14)10-19-11-20-17/h3-11,21H,1-2H3. The van der Waals surface area contributed by atoms with Gasteiger partial charge in [-0.15, -0.1) is 0 Å². The fourth-order valence-electron chi connectivity index (χ4n) is 2.38. The molecule has 0 unspecified atom stereocenters. The van der Waals surface area contributed by atoms with Crippen molar-refractivity contribution in [3.63, 3.8) is 0 Å². The summed E-state index contributed by atoms with van der Waals surface area (Å²) >= 11 is 0. The minimum absolute atomic E-state index is 0.370. The van der Waals surface area contributed by atoms with Crippen molar-refractivity contribution in [1.29, 1.82) is 0 Å². The number of rotatable bonds is 2. The Kier molecular flexibility index (Phi) is 3.40. The van der Waals surface area contributed by atoms with E-state index < -0.39 is 0 Å². The summed E-state index contributed by atoms with van der Waals surface area (Å²) in [6, 6.07) is 10.0. The van der Waals surface area contributed by atoms with Crippen molar-refractivity contribution in [1.82, 2.24) is 9.97 Å². The quantitative estimate of drug-likeness (QED) is 0.716. The minimum Gasteiger partial charge on any atom is -0.507 e. The molecule has 3 heteroatoms. The van der Waals surface area contributed by atoms with Crippen LogP contribution in [0.3, 0.4) is 0 Å². The van der Waals surface area contributed by atoms with E-state index in [2.05, 4.69) is 22.1 Å². The molecule has 0 radical (unpaired) electrons. The van der Waals surface area contributed by atoms with E-state index in [9.17, 15) is 5.11 Å². The Hall–Kier alpha value is -2.68. The third-order valence-electron chi connectivity index (χ3n) is 3.51. The number of benzene rings is 2. The molecule has 0 aliphatic rings. The zero-order chi connectivity index (χ0) is 14.8. The lowest BCUT2D eigenvalue weighted by atomic mass is 10.0. The number of aryl methyl sites for hydroxylation is 2. The molecule has 104 valence electrons. The van der Waals surface area contributed by atoms with Gasteiger partial charge in [0, 0.05) is 11.6 Å². The maximum Gasteiger partial charge on any atom is 0.121 e. The lowest BCUT2D eigenvalue weighted by Crippen LogP contribution is -1.83. The highest BCUT2D eigenvalue weighted by atomic mass is 16.3. The second kappa shape index (κ2) is 5.37. The Labute approximate surface area is 123 Å². The first kappa shape index (κ1) is 13.3. The average Bonchev–Trinajstić information content (AvgIpc) is 2.50. The lowest BCUT2D eigenvalue weighted by molar-refractivity contribution is 0.467.